The van der Waals surface area contributed by atoms with E-state index in [1.807, 2.05) is 0 Å². The maximum Gasteiger partial charge on any atom is 0.342 e. The Morgan fingerprint density at radius 1 is 1.18 bits per heavy atom. The quantitative estimate of drug-likeness (QED) is 0.446. The molecular weight excluding hydrogens is 425 g/mol. The predicted octanol–water partition coefficient (Wildman–Crippen LogP) is 5.44. The van der Waals surface area contributed by atoms with Crippen molar-refractivity contribution in [2.24, 2.45) is 16.7 Å². The number of anilines is 1. The Morgan fingerprint density at radius 3 is 2.58 bits per heavy atom. The molecule has 4 rings (SSSR count). The van der Waals surface area contributed by atoms with Crippen molar-refractivity contribution < 1.29 is 28.6 Å². The first-order valence-corrected chi connectivity index (χ1v) is 11.3. The molecule has 0 aliphatic heterocycles. The van der Waals surface area contributed by atoms with Crippen molar-refractivity contribution in [3.05, 3.63) is 53.3 Å². The van der Waals surface area contributed by atoms with E-state index in [9.17, 15) is 19.1 Å². The number of ether oxygens (including phenoxy) is 2. The van der Waals surface area contributed by atoms with Crippen LogP contribution in [-0.2, 0) is 16.1 Å². The first kappa shape index (κ1) is 23.1. The van der Waals surface area contributed by atoms with Gasteiger partial charge in [0.1, 0.15) is 29.0 Å². The minimum atomic E-state index is -0.558. The fourth-order valence-corrected chi connectivity index (χ4v) is 5.43. The molecule has 6 nitrogen and oxygen atoms in total. The maximum atomic E-state index is 13.5. The van der Waals surface area contributed by atoms with Gasteiger partial charge in [-0.05, 0) is 60.9 Å². The van der Waals surface area contributed by atoms with E-state index in [0.29, 0.717) is 17.2 Å². The molecule has 2 aromatic carbocycles. The number of phenolic OH excluding ortho intramolecular Hbond substituents is 1. The van der Waals surface area contributed by atoms with E-state index < -0.39 is 17.8 Å². The molecule has 0 spiro atoms. The topological polar surface area (TPSA) is 84.9 Å². The van der Waals surface area contributed by atoms with Crippen molar-refractivity contribution in [2.45, 2.75) is 59.6 Å². The first-order chi connectivity index (χ1) is 15.5. The minimum absolute atomic E-state index is 0.0356. The van der Waals surface area contributed by atoms with E-state index in [2.05, 4.69) is 26.1 Å². The molecule has 33 heavy (non-hydrogen) atoms. The number of hydrogen-bond donors (Lipinski definition) is 2. The average molecular weight is 456 g/mol. The summed E-state index contributed by atoms with van der Waals surface area (Å²) in [5.41, 5.74) is 1.11. The van der Waals surface area contributed by atoms with Crippen LogP contribution in [0.4, 0.5) is 10.1 Å². The van der Waals surface area contributed by atoms with Crippen molar-refractivity contribution in [1.82, 2.24) is 0 Å². The summed E-state index contributed by atoms with van der Waals surface area (Å²) in [7, 11) is 0. The zero-order chi connectivity index (χ0) is 24.0. The van der Waals surface area contributed by atoms with Crippen molar-refractivity contribution in [2.75, 3.05) is 5.32 Å². The van der Waals surface area contributed by atoms with Crippen LogP contribution in [0.15, 0.2) is 36.4 Å². The number of fused-ring (bicyclic) bond motifs is 2. The monoisotopic (exact) mass is 455 g/mol. The molecule has 0 amide bonds. The van der Waals surface area contributed by atoms with Crippen molar-refractivity contribution in [3.63, 3.8) is 0 Å². The summed E-state index contributed by atoms with van der Waals surface area (Å²) in [4.78, 5) is 24.8. The molecule has 0 radical (unpaired) electrons. The Bertz CT molecular complexity index is 1100. The molecule has 2 aliphatic carbocycles. The lowest BCUT2D eigenvalue weighted by molar-refractivity contribution is -0.131. The van der Waals surface area contributed by atoms with E-state index in [-0.39, 0.29) is 40.5 Å². The van der Waals surface area contributed by atoms with Crippen LogP contribution in [0.25, 0.3) is 0 Å². The molecule has 3 atom stereocenters. The number of halogens is 1. The van der Waals surface area contributed by atoms with Crippen LogP contribution in [0, 0.1) is 22.6 Å². The molecule has 2 bridgehead atoms. The molecule has 7 heteroatoms. The Kier molecular flexibility index (Phi) is 5.85. The Labute approximate surface area is 193 Å². The van der Waals surface area contributed by atoms with Gasteiger partial charge in [-0.25, -0.2) is 9.18 Å². The molecule has 2 saturated carbocycles. The van der Waals surface area contributed by atoms with Crippen molar-refractivity contribution in [1.29, 1.82) is 0 Å². The number of hydrogen-bond acceptors (Lipinski definition) is 6. The van der Waals surface area contributed by atoms with Crippen LogP contribution in [0.2, 0.25) is 0 Å². The smallest absolute Gasteiger partial charge is 0.342 e. The van der Waals surface area contributed by atoms with E-state index >= 15 is 0 Å². The van der Waals surface area contributed by atoms with E-state index in [1.54, 1.807) is 12.1 Å². The highest BCUT2D eigenvalue weighted by Gasteiger charge is 2.62. The highest BCUT2D eigenvalue weighted by Crippen LogP contribution is 2.66. The molecule has 2 aliphatic rings. The van der Waals surface area contributed by atoms with Gasteiger partial charge in [0.2, 0.25) is 0 Å². The summed E-state index contributed by atoms with van der Waals surface area (Å²) >= 11 is 0. The number of rotatable bonds is 6. The van der Waals surface area contributed by atoms with Gasteiger partial charge in [0, 0.05) is 36.2 Å². The summed E-state index contributed by atoms with van der Waals surface area (Å²) in [5.74, 6) is -0.952. The van der Waals surface area contributed by atoms with Crippen LogP contribution in [0.1, 0.15) is 62.9 Å². The lowest BCUT2D eigenvalue weighted by Gasteiger charge is -2.38. The van der Waals surface area contributed by atoms with Gasteiger partial charge in [0.05, 0.1) is 0 Å². The van der Waals surface area contributed by atoms with E-state index in [0.717, 1.165) is 19.3 Å². The van der Waals surface area contributed by atoms with Crippen LogP contribution in [0.5, 0.6) is 11.5 Å². The fourth-order valence-electron chi connectivity index (χ4n) is 5.43. The molecule has 0 aromatic heterocycles. The van der Waals surface area contributed by atoms with Crippen molar-refractivity contribution in [3.8, 4) is 11.5 Å². The lowest BCUT2D eigenvalue weighted by atomic mass is 9.70. The molecule has 2 fully saturated rings. The zero-order valence-corrected chi connectivity index (χ0v) is 19.4. The first-order valence-electron chi connectivity index (χ1n) is 11.3. The average Bonchev–Trinajstić information content (AvgIpc) is 3.07. The highest BCUT2D eigenvalue weighted by molar-refractivity contribution is 5.94. The number of phenols is 1. The summed E-state index contributed by atoms with van der Waals surface area (Å²) in [6.45, 7) is 8.10. The third-order valence-electron chi connectivity index (χ3n) is 7.94. The van der Waals surface area contributed by atoms with Crippen molar-refractivity contribution >= 4 is 17.6 Å². The fraction of sp³-hybridized carbons (Fsp3) is 0.462. The van der Waals surface area contributed by atoms with Crippen LogP contribution >= 0.6 is 0 Å². The molecule has 3 unspecified atom stereocenters. The van der Waals surface area contributed by atoms with Gasteiger partial charge in [-0.2, -0.15) is 0 Å². The van der Waals surface area contributed by atoms with Gasteiger partial charge in [-0.15, -0.1) is 0 Å². The molecule has 176 valence electrons. The molecule has 0 heterocycles. The SMILES string of the molecule is CC(=O)Oc1cc(NCc2cc(F)ccc2O)ccc1C(=O)OC1CC2CCC1(C)C2(C)C. The Hall–Kier alpha value is -3.09. The van der Waals surface area contributed by atoms with Gasteiger partial charge >= 0.3 is 11.9 Å². The second-order valence-corrected chi connectivity index (χ2v) is 9.94. The van der Waals surface area contributed by atoms with Gasteiger partial charge in [-0.1, -0.05) is 20.8 Å². The third kappa shape index (κ3) is 4.16. The minimum Gasteiger partial charge on any atom is -0.508 e. The van der Waals surface area contributed by atoms with Gasteiger partial charge in [0.15, 0.2) is 0 Å². The normalized spacial score (nSPS) is 25.0. The number of carbonyl (C=O) groups is 2. The predicted molar refractivity (Wildman–Crippen MR) is 122 cm³/mol. The molecular formula is C26H30FNO5. The number of benzene rings is 2. The van der Waals surface area contributed by atoms with Gasteiger partial charge in [0.25, 0.3) is 0 Å². The van der Waals surface area contributed by atoms with Crippen LogP contribution < -0.4 is 10.1 Å². The molecule has 0 saturated heterocycles. The van der Waals surface area contributed by atoms with E-state index in [1.165, 1.54) is 31.2 Å². The van der Waals surface area contributed by atoms with Gasteiger partial charge < -0.3 is 19.9 Å². The lowest BCUT2D eigenvalue weighted by Crippen LogP contribution is -2.38. The second-order valence-electron chi connectivity index (χ2n) is 9.94. The molecule has 2 aromatic rings. The second kappa shape index (κ2) is 8.36. The van der Waals surface area contributed by atoms with E-state index in [4.69, 9.17) is 9.47 Å². The standard InChI is InChI=1S/C26H30FNO5/c1-15(29)32-22-13-19(28-14-16-11-18(27)5-8-21(16)30)6-7-20(22)24(31)33-23-12-17-9-10-26(23,4)25(17,2)3/h5-8,11,13,17,23,28,30H,9-10,12,14H2,1-4H3. The Balaban J connectivity index is 1.52. The third-order valence-corrected chi connectivity index (χ3v) is 7.94. The number of esters is 2. The Morgan fingerprint density at radius 2 is 1.94 bits per heavy atom. The van der Waals surface area contributed by atoms with Crippen LogP contribution in [-0.4, -0.2) is 23.1 Å². The molecule has 2 N–H and O–H groups in total. The maximum absolute atomic E-state index is 13.5. The van der Waals surface area contributed by atoms with Crippen LogP contribution in [0.3, 0.4) is 0 Å². The summed E-state index contributed by atoms with van der Waals surface area (Å²) in [6, 6.07) is 8.43. The number of aromatic hydroxyl groups is 1. The summed E-state index contributed by atoms with van der Waals surface area (Å²) in [6.07, 6.45) is 2.83. The van der Waals surface area contributed by atoms with Gasteiger partial charge in [-0.3, -0.25) is 4.79 Å². The number of carbonyl (C=O) groups excluding carboxylic acids is 2. The summed E-state index contributed by atoms with van der Waals surface area (Å²) < 4.78 is 24.7. The summed E-state index contributed by atoms with van der Waals surface area (Å²) in [5, 5.41) is 13.0. The largest absolute Gasteiger partial charge is 0.508 e. The zero-order valence-electron chi connectivity index (χ0n) is 19.4. The number of nitrogens with one attached hydrogen (secondary N) is 1. The highest BCUT2D eigenvalue weighted by atomic mass is 19.1.